The highest BCUT2D eigenvalue weighted by Gasteiger charge is 2.34. The number of benzene rings is 1. The van der Waals surface area contributed by atoms with Gasteiger partial charge in [0.25, 0.3) is 0 Å². The molecule has 286 valence electrons. The van der Waals surface area contributed by atoms with E-state index in [2.05, 4.69) is 36.6 Å². The van der Waals surface area contributed by atoms with Crippen LogP contribution < -0.4 is 32.3 Å². The van der Waals surface area contributed by atoms with Crippen molar-refractivity contribution in [2.24, 2.45) is 17.6 Å². The molecule has 1 heterocycles. The normalized spacial score (nSPS) is 15.1. The Hall–Kier alpha value is -5.32. The van der Waals surface area contributed by atoms with Crippen molar-refractivity contribution in [1.29, 1.82) is 0 Å². The Bertz CT molecular complexity index is 1500. The maximum atomic E-state index is 13.8. The zero-order chi connectivity index (χ0) is 39.0. The summed E-state index contributed by atoms with van der Waals surface area (Å²) in [7, 11) is 0. The van der Waals surface area contributed by atoms with Crippen LogP contribution in [0.4, 0.5) is 0 Å². The van der Waals surface area contributed by atoms with Crippen LogP contribution in [0.15, 0.2) is 42.9 Å². The number of rotatable bonds is 22. The lowest BCUT2D eigenvalue weighted by Gasteiger charge is -2.28. The van der Waals surface area contributed by atoms with E-state index in [9.17, 15) is 43.8 Å². The number of imidazole rings is 1. The molecule has 0 radical (unpaired) electrons. The van der Waals surface area contributed by atoms with E-state index in [0.717, 1.165) is 5.56 Å². The number of nitrogens with zero attached hydrogens (tertiary/aromatic N) is 1. The average molecular weight is 729 g/mol. The molecular formula is C35H52N8O9. The highest BCUT2D eigenvalue weighted by molar-refractivity contribution is 5.96. The van der Waals surface area contributed by atoms with Gasteiger partial charge in [-0.15, -0.1) is 0 Å². The number of carboxylic acid groups (broad SMARTS) is 2. The van der Waals surface area contributed by atoms with Crippen LogP contribution in [0.5, 0.6) is 0 Å². The molecule has 0 saturated carbocycles. The van der Waals surface area contributed by atoms with Gasteiger partial charge in [0.2, 0.25) is 29.5 Å². The standard InChI is InChI=1S/C35H52N8O9/c1-6-20(4)29(34(50)39-21(5)35(51)52)43-31(47)25(12-13-28(44)45)40-33(49)27(16-23-17-37-18-38-23)42-32(48)26(14-19(2)3)41-30(46)24(36)15-22-10-8-7-9-11-22/h7-11,17-21,24-27,29H,6,12-16,36H2,1-5H3,(H,37,38)(H,39,50)(H,40,49)(H,41,46)(H,42,48)(H,43,47)(H,44,45)(H,51,52)/t20-,21-,24+,25+,26-,27-,29+/m0/s1. The molecule has 0 saturated heterocycles. The van der Waals surface area contributed by atoms with E-state index < -0.39 is 90.1 Å². The van der Waals surface area contributed by atoms with Crippen molar-refractivity contribution >= 4 is 41.5 Å². The lowest BCUT2D eigenvalue weighted by Crippen LogP contribution is -2.60. The van der Waals surface area contributed by atoms with Crippen LogP contribution in [0.3, 0.4) is 0 Å². The van der Waals surface area contributed by atoms with Crippen LogP contribution >= 0.6 is 0 Å². The number of carboxylic acids is 2. The first-order chi connectivity index (χ1) is 24.5. The Balaban J connectivity index is 2.32. The van der Waals surface area contributed by atoms with Gasteiger partial charge >= 0.3 is 11.9 Å². The lowest BCUT2D eigenvalue weighted by atomic mass is 9.97. The van der Waals surface area contributed by atoms with Gasteiger partial charge in [0.15, 0.2) is 0 Å². The average Bonchev–Trinajstić information content (AvgIpc) is 3.60. The maximum Gasteiger partial charge on any atom is 0.325 e. The minimum absolute atomic E-state index is 0.0560. The van der Waals surface area contributed by atoms with Crippen LogP contribution in [0.2, 0.25) is 0 Å². The summed E-state index contributed by atoms with van der Waals surface area (Å²) in [6.45, 7) is 8.39. The first-order valence-corrected chi connectivity index (χ1v) is 17.2. The first-order valence-electron chi connectivity index (χ1n) is 17.2. The predicted octanol–water partition coefficient (Wildman–Crippen LogP) is 0.00770. The van der Waals surface area contributed by atoms with Crippen molar-refractivity contribution in [3.63, 3.8) is 0 Å². The van der Waals surface area contributed by atoms with E-state index in [1.54, 1.807) is 13.8 Å². The zero-order valence-corrected chi connectivity index (χ0v) is 30.2. The van der Waals surface area contributed by atoms with E-state index in [1.807, 2.05) is 44.2 Å². The molecule has 2 aromatic rings. The molecule has 1 aromatic heterocycles. The lowest BCUT2D eigenvalue weighted by molar-refractivity contribution is -0.142. The number of H-pyrrole nitrogens is 1. The van der Waals surface area contributed by atoms with Crippen LogP contribution in [0.25, 0.3) is 0 Å². The summed E-state index contributed by atoms with van der Waals surface area (Å²) >= 11 is 0. The van der Waals surface area contributed by atoms with Gasteiger partial charge in [-0.3, -0.25) is 33.6 Å². The van der Waals surface area contributed by atoms with Gasteiger partial charge in [0.05, 0.1) is 12.4 Å². The molecule has 0 spiro atoms. The molecule has 2 rings (SSSR count). The van der Waals surface area contributed by atoms with Crippen molar-refractivity contribution in [2.45, 2.75) is 109 Å². The van der Waals surface area contributed by atoms with Gasteiger partial charge in [0, 0.05) is 24.7 Å². The molecule has 0 aliphatic carbocycles. The Morgan fingerprint density at radius 2 is 1.37 bits per heavy atom. The predicted molar refractivity (Wildman–Crippen MR) is 189 cm³/mol. The second-order valence-corrected chi connectivity index (χ2v) is 13.3. The number of aliphatic carboxylic acids is 2. The zero-order valence-electron chi connectivity index (χ0n) is 30.2. The number of carbonyl (C=O) groups is 7. The topological polar surface area (TPSA) is 275 Å². The molecular weight excluding hydrogens is 676 g/mol. The molecule has 17 heteroatoms. The smallest absolute Gasteiger partial charge is 0.325 e. The highest BCUT2D eigenvalue weighted by Crippen LogP contribution is 2.12. The maximum absolute atomic E-state index is 13.8. The number of carbonyl (C=O) groups excluding carboxylic acids is 5. The highest BCUT2D eigenvalue weighted by atomic mass is 16.4. The molecule has 5 amide bonds. The van der Waals surface area contributed by atoms with Gasteiger partial charge in [-0.2, -0.15) is 0 Å². The summed E-state index contributed by atoms with van der Waals surface area (Å²) in [5.74, 6) is -6.84. The van der Waals surface area contributed by atoms with Crippen molar-refractivity contribution < 1.29 is 43.8 Å². The number of amides is 5. The monoisotopic (exact) mass is 728 g/mol. The van der Waals surface area contributed by atoms with Crippen LogP contribution in [0.1, 0.15) is 71.6 Å². The Labute approximate surface area is 302 Å². The summed E-state index contributed by atoms with van der Waals surface area (Å²) in [4.78, 5) is 96.9. The van der Waals surface area contributed by atoms with Crippen molar-refractivity contribution in [2.75, 3.05) is 0 Å². The first kappa shape index (κ1) is 42.8. The molecule has 0 bridgehead atoms. The van der Waals surface area contributed by atoms with E-state index in [1.165, 1.54) is 19.4 Å². The van der Waals surface area contributed by atoms with Crippen LogP contribution in [0, 0.1) is 11.8 Å². The van der Waals surface area contributed by atoms with E-state index >= 15 is 0 Å². The number of aromatic amines is 1. The fraction of sp³-hybridized carbons (Fsp3) is 0.543. The third kappa shape index (κ3) is 14.5. The minimum atomic E-state index is -1.47. The second kappa shape index (κ2) is 21.1. The summed E-state index contributed by atoms with van der Waals surface area (Å²) in [6.07, 6.45) is 2.63. The SMILES string of the molecule is CC[C@H](C)[C@@H](NC(=O)[C@@H](CCC(=O)O)NC(=O)[C@H](Cc1cnc[nH]1)NC(=O)[C@H](CC(C)C)NC(=O)[C@H](N)Cc1ccccc1)C(=O)N[C@@H](C)C(=O)O. The molecule has 0 unspecified atom stereocenters. The Morgan fingerprint density at radius 1 is 0.769 bits per heavy atom. The second-order valence-electron chi connectivity index (χ2n) is 13.3. The molecule has 1 aromatic carbocycles. The summed E-state index contributed by atoms with van der Waals surface area (Å²) in [6, 6.07) is 1.82. The van der Waals surface area contributed by atoms with E-state index in [-0.39, 0.29) is 31.6 Å². The van der Waals surface area contributed by atoms with Crippen molar-refractivity contribution in [3.8, 4) is 0 Å². The Kier molecular flexibility index (Phi) is 17.4. The van der Waals surface area contributed by atoms with Crippen molar-refractivity contribution in [3.05, 3.63) is 54.1 Å². The summed E-state index contributed by atoms with van der Waals surface area (Å²) in [5.41, 5.74) is 7.45. The van der Waals surface area contributed by atoms with Gasteiger partial charge in [-0.1, -0.05) is 64.4 Å². The van der Waals surface area contributed by atoms with Gasteiger partial charge in [-0.25, -0.2) is 4.98 Å². The Morgan fingerprint density at radius 3 is 1.92 bits per heavy atom. The third-order valence-corrected chi connectivity index (χ3v) is 8.39. The molecule has 0 fully saturated rings. The molecule has 0 aliphatic heterocycles. The number of nitrogens with one attached hydrogen (secondary N) is 6. The summed E-state index contributed by atoms with van der Waals surface area (Å²) < 4.78 is 0. The third-order valence-electron chi connectivity index (χ3n) is 8.39. The van der Waals surface area contributed by atoms with Gasteiger partial charge in [-0.05, 0) is 43.6 Å². The molecule has 0 aliphatic rings. The molecule has 52 heavy (non-hydrogen) atoms. The fourth-order valence-corrected chi connectivity index (χ4v) is 5.17. The van der Waals surface area contributed by atoms with Crippen LogP contribution in [-0.4, -0.2) is 97.9 Å². The number of aromatic nitrogens is 2. The minimum Gasteiger partial charge on any atom is -0.481 e. The quantitative estimate of drug-likeness (QED) is 0.0779. The number of hydrogen-bond acceptors (Lipinski definition) is 9. The van der Waals surface area contributed by atoms with Crippen molar-refractivity contribution in [1.82, 2.24) is 36.6 Å². The molecule has 7 atom stereocenters. The largest absolute Gasteiger partial charge is 0.481 e. The summed E-state index contributed by atoms with van der Waals surface area (Å²) in [5, 5.41) is 31.4. The van der Waals surface area contributed by atoms with Crippen LogP contribution in [-0.2, 0) is 46.4 Å². The molecule has 10 N–H and O–H groups in total. The number of nitrogens with two attached hydrogens (primary N) is 1. The fourth-order valence-electron chi connectivity index (χ4n) is 5.17. The molecule has 17 nitrogen and oxygen atoms in total. The van der Waals surface area contributed by atoms with E-state index in [4.69, 9.17) is 5.73 Å². The van der Waals surface area contributed by atoms with Gasteiger partial charge < -0.3 is 47.5 Å². The number of hydrogen-bond donors (Lipinski definition) is 9. The van der Waals surface area contributed by atoms with E-state index in [0.29, 0.717) is 12.1 Å². The van der Waals surface area contributed by atoms with Gasteiger partial charge in [0.1, 0.15) is 30.2 Å².